The van der Waals surface area contributed by atoms with Crippen LogP contribution in [0.1, 0.15) is 31.9 Å². The molecule has 1 fully saturated rings. The van der Waals surface area contributed by atoms with Crippen molar-refractivity contribution >= 4 is 23.1 Å². The van der Waals surface area contributed by atoms with Crippen LogP contribution in [0.3, 0.4) is 0 Å². The van der Waals surface area contributed by atoms with Crippen molar-refractivity contribution in [2.75, 3.05) is 6.54 Å². The second kappa shape index (κ2) is 4.55. The normalized spacial score (nSPS) is 24.0. The molecular formula is C9H14ClN3S. The lowest BCUT2D eigenvalue weighted by molar-refractivity contribution is 0.151. The maximum Gasteiger partial charge on any atom is 0.138 e. The molecule has 1 atom stereocenters. The fourth-order valence-corrected chi connectivity index (χ4v) is 2.49. The van der Waals surface area contributed by atoms with Crippen LogP contribution in [0.25, 0.3) is 0 Å². The average molecular weight is 232 g/mol. The summed E-state index contributed by atoms with van der Waals surface area (Å²) in [6.45, 7) is 4.29. The molecule has 1 aliphatic rings. The highest BCUT2D eigenvalue weighted by Crippen LogP contribution is 2.23. The van der Waals surface area contributed by atoms with Gasteiger partial charge in [0.1, 0.15) is 10.0 Å². The van der Waals surface area contributed by atoms with E-state index in [1.807, 2.05) is 0 Å². The molecule has 0 bridgehead atoms. The Labute approximate surface area is 93.2 Å². The predicted octanol–water partition coefficient (Wildman–Crippen LogP) is 2.57. The van der Waals surface area contributed by atoms with Gasteiger partial charge in [0.15, 0.2) is 0 Å². The molecule has 1 aromatic heterocycles. The summed E-state index contributed by atoms with van der Waals surface area (Å²) in [6.07, 6.45) is 3.93. The van der Waals surface area contributed by atoms with Crippen molar-refractivity contribution in [3.8, 4) is 0 Å². The minimum absolute atomic E-state index is 0.654. The van der Waals surface area contributed by atoms with Crippen molar-refractivity contribution in [3.05, 3.63) is 10.0 Å². The third-order valence-electron chi connectivity index (χ3n) is 2.80. The van der Waals surface area contributed by atoms with Crippen molar-refractivity contribution < 1.29 is 0 Å². The number of rotatable bonds is 2. The summed E-state index contributed by atoms with van der Waals surface area (Å²) in [4.78, 5) is 2.44. The number of piperidine rings is 1. The molecule has 1 aromatic rings. The van der Waals surface area contributed by atoms with Crippen molar-refractivity contribution in [2.45, 2.75) is 38.8 Å². The van der Waals surface area contributed by atoms with E-state index in [4.69, 9.17) is 11.6 Å². The van der Waals surface area contributed by atoms with Crippen LogP contribution in [-0.4, -0.2) is 27.1 Å². The molecule has 0 spiro atoms. The van der Waals surface area contributed by atoms with E-state index in [2.05, 4.69) is 21.4 Å². The average Bonchev–Trinajstić information content (AvgIpc) is 2.56. The van der Waals surface area contributed by atoms with Gasteiger partial charge in [0.05, 0.1) is 0 Å². The van der Waals surface area contributed by atoms with Crippen LogP contribution in [0.4, 0.5) is 0 Å². The number of aromatic nitrogens is 2. The van der Waals surface area contributed by atoms with Gasteiger partial charge in [-0.15, -0.1) is 5.10 Å². The molecule has 2 rings (SSSR count). The monoisotopic (exact) mass is 231 g/mol. The van der Waals surface area contributed by atoms with Gasteiger partial charge < -0.3 is 0 Å². The largest absolute Gasteiger partial charge is 0.295 e. The van der Waals surface area contributed by atoms with Crippen LogP contribution in [0.2, 0.25) is 4.34 Å². The first kappa shape index (κ1) is 10.3. The van der Waals surface area contributed by atoms with E-state index in [9.17, 15) is 0 Å². The van der Waals surface area contributed by atoms with Crippen LogP contribution < -0.4 is 0 Å². The molecule has 1 aliphatic heterocycles. The molecule has 1 saturated heterocycles. The van der Waals surface area contributed by atoms with E-state index in [1.54, 1.807) is 0 Å². The fraction of sp³-hybridized carbons (Fsp3) is 0.778. The van der Waals surface area contributed by atoms with E-state index in [-0.39, 0.29) is 0 Å². The van der Waals surface area contributed by atoms with E-state index in [0.29, 0.717) is 6.04 Å². The van der Waals surface area contributed by atoms with E-state index in [1.165, 1.54) is 30.8 Å². The molecule has 0 saturated carbocycles. The zero-order valence-corrected chi connectivity index (χ0v) is 9.81. The first-order valence-electron chi connectivity index (χ1n) is 4.98. The van der Waals surface area contributed by atoms with E-state index < -0.39 is 0 Å². The SMILES string of the molecule is CC1CCCCN1Cc1nnsc1Cl. The number of halogens is 1. The maximum atomic E-state index is 5.97. The molecular weight excluding hydrogens is 218 g/mol. The van der Waals surface area contributed by atoms with Crippen LogP contribution >= 0.6 is 23.1 Å². The van der Waals surface area contributed by atoms with Crippen LogP contribution in [0.15, 0.2) is 0 Å². The van der Waals surface area contributed by atoms with Gasteiger partial charge in [0.2, 0.25) is 0 Å². The number of likely N-dealkylation sites (tertiary alicyclic amines) is 1. The van der Waals surface area contributed by atoms with E-state index >= 15 is 0 Å². The summed E-state index contributed by atoms with van der Waals surface area (Å²) >= 11 is 7.25. The molecule has 2 heterocycles. The Morgan fingerprint density at radius 1 is 1.57 bits per heavy atom. The molecule has 14 heavy (non-hydrogen) atoms. The molecule has 78 valence electrons. The van der Waals surface area contributed by atoms with Crippen LogP contribution in [0.5, 0.6) is 0 Å². The van der Waals surface area contributed by atoms with E-state index in [0.717, 1.165) is 23.1 Å². The predicted molar refractivity (Wildman–Crippen MR) is 58.6 cm³/mol. The Kier molecular flexibility index (Phi) is 3.36. The zero-order valence-electron chi connectivity index (χ0n) is 8.24. The third kappa shape index (κ3) is 2.24. The summed E-state index contributed by atoms with van der Waals surface area (Å²) in [5, 5.41) is 4.04. The first-order valence-corrected chi connectivity index (χ1v) is 6.13. The van der Waals surface area contributed by atoms with Crippen molar-refractivity contribution in [1.82, 2.24) is 14.5 Å². The topological polar surface area (TPSA) is 29.0 Å². The van der Waals surface area contributed by atoms with Gasteiger partial charge in [-0.3, -0.25) is 4.90 Å². The van der Waals surface area contributed by atoms with Gasteiger partial charge in [0.25, 0.3) is 0 Å². The van der Waals surface area contributed by atoms with Gasteiger partial charge in [0, 0.05) is 24.1 Å². The molecule has 0 radical (unpaired) electrons. The first-order chi connectivity index (χ1) is 6.77. The lowest BCUT2D eigenvalue weighted by Gasteiger charge is -2.32. The molecule has 0 N–H and O–H groups in total. The quantitative estimate of drug-likeness (QED) is 0.784. The summed E-state index contributed by atoms with van der Waals surface area (Å²) in [5.74, 6) is 0. The van der Waals surface area contributed by atoms with Gasteiger partial charge in [-0.25, -0.2) is 0 Å². The number of nitrogens with zero attached hydrogens (tertiary/aromatic N) is 3. The Bertz CT molecular complexity index is 302. The van der Waals surface area contributed by atoms with Gasteiger partial charge in [-0.2, -0.15) is 0 Å². The summed E-state index contributed by atoms with van der Waals surface area (Å²) in [5.41, 5.74) is 0.936. The molecule has 3 nitrogen and oxygen atoms in total. The minimum Gasteiger partial charge on any atom is -0.295 e. The van der Waals surface area contributed by atoms with Crippen molar-refractivity contribution in [2.24, 2.45) is 0 Å². The molecule has 5 heteroatoms. The van der Waals surface area contributed by atoms with Crippen LogP contribution in [0, 0.1) is 0 Å². The van der Waals surface area contributed by atoms with Gasteiger partial charge >= 0.3 is 0 Å². The summed E-state index contributed by atoms with van der Waals surface area (Å²) in [6, 6.07) is 0.654. The van der Waals surface area contributed by atoms with Gasteiger partial charge in [-0.05, 0) is 26.3 Å². The Hall–Kier alpha value is -0.190. The highest BCUT2D eigenvalue weighted by molar-refractivity contribution is 7.10. The van der Waals surface area contributed by atoms with Crippen molar-refractivity contribution in [3.63, 3.8) is 0 Å². The standard InChI is InChI=1S/C9H14ClN3S/c1-7-4-2-3-5-13(7)6-8-9(10)14-12-11-8/h7H,2-6H2,1H3. The Morgan fingerprint density at radius 2 is 2.43 bits per heavy atom. The Morgan fingerprint density at radius 3 is 3.07 bits per heavy atom. The fourth-order valence-electron chi connectivity index (χ4n) is 1.88. The molecule has 0 amide bonds. The number of hydrogen-bond acceptors (Lipinski definition) is 4. The maximum absolute atomic E-state index is 5.97. The highest BCUT2D eigenvalue weighted by atomic mass is 35.5. The summed E-state index contributed by atoms with van der Waals surface area (Å²) in [7, 11) is 0. The number of hydrogen-bond donors (Lipinski definition) is 0. The van der Waals surface area contributed by atoms with Gasteiger partial charge in [-0.1, -0.05) is 22.5 Å². The highest BCUT2D eigenvalue weighted by Gasteiger charge is 2.20. The third-order valence-corrected chi connectivity index (χ3v) is 3.79. The lowest BCUT2D eigenvalue weighted by atomic mass is 10.0. The van der Waals surface area contributed by atoms with Crippen molar-refractivity contribution in [1.29, 1.82) is 0 Å². The smallest absolute Gasteiger partial charge is 0.138 e. The minimum atomic E-state index is 0.654. The summed E-state index contributed by atoms with van der Waals surface area (Å²) < 4.78 is 4.58. The second-order valence-corrected chi connectivity index (χ2v) is 5.16. The molecule has 0 aliphatic carbocycles. The van der Waals surface area contributed by atoms with Crippen LogP contribution in [-0.2, 0) is 6.54 Å². The Balaban J connectivity index is 1.99. The molecule has 1 unspecified atom stereocenters. The lowest BCUT2D eigenvalue weighted by Crippen LogP contribution is -2.36. The molecule has 0 aromatic carbocycles. The second-order valence-electron chi connectivity index (χ2n) is 3.81. The zero-order chi connectivity index (χ0) is 9.97.